The molecule has 1 aromatic rings. The van der Waals surface area contributed by atoms with Gasteiger partial charge in [0.25, 0.3) is 0 Å². The highest BCUT2D eigenvalue weighted by molar-refractivity contribution is 14.1. The molecule has 7 heteroatoms. The molecule has 0 aromatic carbocycles. The van der Waals surface area contributed by atoms with Gasteiger partial charge in [-0.05, 0) is 35.1 Å². The average Bonchev–Trinajstić information content (AvgIpc) is 2.64. The van der Waals surface area contributed by atoms with E-state index in [1.54, 1.807) is 6.20 Å². The second-order valence-corrected chi connectivity index (χ2v) is 6.53. The monoisotopic (exact) mass is 392 g/mol. The van der Waals surface area contributed by atoms with Gasteiger partial charge < -0.3 is 15.1 Å². The van der Waals surface area contributed by atoms with Crippen LogP contribution in [0.4, 0.5) is 10.6 Å². The lowest BCUT2D eigenvalue weighted by molar-refractivity contribution is 0.212. The lowest BCUT2D eigenvalue weighted by atomic mass is 10.0. The van der Waals surface area contributed by atoms with E-state index in [0.717, 1.165) is 28.9 Å². The van der Waals surface area contributed by atoms with Crippen LogP contribution in [0, 0.1) is 3.57 Å². The van der Waals surface area contributed by atoms with E-state index in [1.165, 1.54) is 0 Å². The van der Waals surface area contributed by atoms with Crippen molar-refractivity contribution in [1.82, 2.24) is 15.2 Å². The van der Waals surface area contributed by atoms with E-state index < -0.39 is 0 Å². The molecule has 0 spiro atoms. The SMILES string of the molecule is CN1C(=O)N[C@H]2CN(c3ncc(Cl)cc3I)CC[C@H]21. The van der Waals surface area contributed by atoms with Crippen LogP contribution in [0.1, 0.15) is 6.42 Å². The number of fused-ring (bicyclic) bond motifs is 1. The van der Waals surface area contributed by atoms with Crippen molar-refractivity contribution in [3.8, 4) is 0 Å². The van der Waals surface area contributed by atoms with Gasteiger partial charge in [0, 0.05) is 26.3 Å². The third kappa shape index (κ3) is 2.35. The number of anilines is 1. The Bertz CT molecular complexity index is 526. The van der Waals surface area contributed by atoms with Crippen LogP contribution in [0.15, 0.2) is 12.3 Å². The smallest absolute Gasteiger partial charge is 0.317 e. The highest BCUT2D eigenvalue weighted by Gasteiger charge is 2.41. The zero-order chi connectivity index (χ0) is 13.6. The van der Waals surface area contributed by atoms with Crippen LogP contribution in [0.5, 0.6) is 0 Å². The van der Waals surface area contributed by atoms with Gasteiger partial charge >= 0.3 is 6.03 Å². The number of nitrogens with one attached hydrogen (secondary N) is 1. The number of halogens is 2. The number of rotatable bonds is 1. The molecule has 0 saturated carbocycles. The quantitative estimate of drug-likeness (QED) is 0.743. The van der Waals surface area contributed by atoms with Crippen LogP contribution in [-0.4, -0.2) is 48.1 Å². The van der Waals surface area contributed by atoms with Crippen LogP contribution < -0.4 is 10.2 Å². The number of nitrogens with zero attached hydrogens (tertiary/aromatic N) is 3. The Hall–Kier alpha value is -0.760. The first kappa shape index (κ1) is 13.2. The summed E-state index contributed by atoms with van der Waals surface area (Å²) in [6.07, 6.45) is 2.63. The minimum Gasteiger partial charge on any atom is -0.354 e. The third-order valence-corrected chi connectivity index (χ3v) is 4.79. The van der Waals surface area contributed by atoms with Gasteiger partial charge in [-0.1, -0.05) is 11.6 Å². The number of amides is 2. The number of pyridine rings is 1. The first-order valence-corrected chi connectivity index (χ1v) is 7.61. The lowest BCUT2D eigenvalue weighted by Gasteiger charge is -2.36. The highest BCUT2D eigenvalue weighted by Crippen LogP contribution is 2.28. The standard InChI is InChI=1S/C12H14ClIN4O/c1-17-10-2-3-18(6-9(10)16-12(17)19)11-8(14)4-7(13)5-15-11/h4-5,9-10H,2-3,6H2,1H3,(H,16,19)/t9-,10+/m0/s1. The molecular weight excluding hydrogens is 379 g/mol. The first-order valence-electron chi connectivity index (χ1n) is 6.15. The summed E-state index contributed by atoms with van der Waals surface area (Å²) in [5.74, 6) is 0.951. The van der Waals surface area contributed by atoms with Crippen LogP contribution in [0.25, 0.3) is 0 Å². The predicted molar refractivity (Wildman–Crippen MR) is 82.7 cm³/mol. The second kappa shape index (κ2) is 4.97. The van der Waals surface area contributed by atoms with Gasteiger partial charge in [0.1, 0.15) is 5.82 Å². The number of carbonyl (C=O) groups is 1. The summed E-state index contributed by atoms with van der Waals surface area (Å²) < 4.78 is 1.04. The Morgan fingerprint density at radius 1 is 1.58 bits per heavy atom. The predicted octanol–water partition coefficient (Wildman–Crippen LogP) is 1.94. The summed E-state index contributed by atoms with van der Waals surface area (Å²) in [5.41, 5.74) is 0. The van der Waals surface area contributed by atoms with Gasteiger partial charge in [0.2, 0.25) is 0 Å². The molecule has 102 valence electrons. The summed E-state index contributed by atoms with van der Waals surface area (Å²) in [7, 11) is 1.86. The minimum absolute atomic E-state index is 0.0237. The molecule has 0 radical (unpaired) electrons. The second-order valence-electron chi connectivity index (χ2n) is 4.93. The van der Waals surface area contributed by atoms with Crippen molar-refractivity contribution in [3.63, 3.8) is 0 Å². The molecule has 0 aliphatic carbocycles. The molecule has 2 amide bonds. The van der Waals surface area contributed by atoms with Crippen molar-refractivity contribution in [2.75, 3.05) is 25.0 Å². The van der Waals surface area contributed by atoms with Crippen molar-refractivity contribution >= 4 is 46.0 Å². The van der Waals surface area contributed by atoms with Crippen molar-refractivity contribution in [2.45, 2.75) is 18.5 Å². The van der Waals surface area contributed by atoms with Crippen molar-refractivity contribution in [2.24, 2.45) is 0 Å². The number of hydrogen-bond donors (Lipinski definition) is 1. The van der Waals surface area contributed by atoms with E-state index in [4.69, 9.17) is 11.6 Å². The van der Waals surface area contributed by atoms with Crippen LogP contribution >= 0.6 is 34.2 Å². The molecular formula is C12H14ClIN4O. The minimum atomic E-state index is 0.0237. The summed E-state index contributed by atoms with van der Waals surface area (Å²) in [6.45, 7) is 1.70. The van der Waals surface area contributed by atoms with E-state index >= 15 is 0 Å². The highest BCUT2D eigenvalue weighted by atomic mass is 127. The molecule has 0 unspecified atom stereocenters. The van der Waals surface area contributed by atoms with Gasteiger partial charge in [-0.25, -0.2) is 9.78 Å². The van der Waals surface area contributed by atoms with Crippen LogP contribution in [-0.2, 0) is 0 Å². The molecule has 3 heterocycles. The third-order valence-electron chi connectivity index (χ3n) is 3.79. The molecule has 19 heavy (non-hydrogen) atoms. The Morgan fingerprint density at radius 3 is 3.11 bits per heavy atom. The summed E-state index contributed by atoms with van der Waals surface area (Å²) in [4.78, 5) is 20.1. The van der Waals surface area contributed by atoms with Gasteiger partial charge in [0.05, 0.1) is 20.7 Å². The van der Waals surface area contributed by atoms with Crippen LogP contribution in [0.2, 0.25) is 5.02 Å². The average molecular weight is 393 g/mol. The molecule has 0 bridgehead atoms. The van der Waals surface area contributed by atoms with Gasteiger partial charge in [-0.15, -0.1) is 0 Å². The van der Waals surface area contributed by atoms with E-state index in [2.05, 4.69) is 37.8 Å². The molecule has 5 nitrogen and oxygen atoms in total. The molecule has 2 fully saturated rings. The molecule has 2 aliphatic heterocycles. The summed E-state index contributed by atoms with van der Waals surface area (Å²) in [6, 6.07) is 2.42. The Kier molecular flexibility index (Phi) is 3.46. The molecule has 1 N–H and O–H groups in total. The zero-order valence-electron chi connectivity index (χ0n) is 10.4. The maximum atomic E-state index is 11.7. The molecule has 2 saturated heterocycles. The molecule has 2 aliphatic rings. The number of hydrogen-bond acceptors (Lipinski definition) is 3. The topological polar surface area (TPSA) is 48.5 Å². The van der Waals surface area contributed by atoms with E-state index in [-0.39, 0.29) is 12.1 Å². The number of piperidine rings is 1. The normalized spacial score (nSPS) is 26.4. The maximum absolute atomic E-state index is 11.7. The van der Waals surface area contributed by atoms with Crippen molar-refractivity contribution < 1.29 is 4.79 Å². The number of likely N-dealkylation sites (N-methyl/N-ethyl adjacent to an activating group) is 1. The van der Waals surface area contributed by atoms with E-state index in [0.29, 0.717) is 11.1 Å². The zero-order valence-corrected chi connectivity index (χ0v) is 13.3. The number of urea groups is 1. The number of aromatic nitrogens is 1. The fraction of sp³-hybridized carbons (Fsp3) is 0.500. The van der Waals surface area contributed by atoms with Gasteiger partial charge in [-0.2, -0.15) is 0 Å². The fourth-order valence-corrected chi connectivity index (χ4v) is 3.95. The van der Waals surface area contributed by atoms with Crippen LogP contribution in [0.3, 0.4) is 0 Å². The largest absolute Gasteiger partial charge is 0.354 e. The fourth-order valence-electron chi connectivity index (χ4n) is 2.79. The summed E-state index contributed by atoms with van der Waals surface area (Å²) in [5, 5.41) is 3.68. The van der Waals surface area contributed by atoms with E-state index in [1.807, 2.05) is 18.0 Å². The Morgan fingerprint density at radius 2 is 2.37 bits per heavy atom. The maximum Gasteiger partial charge on any atom is 0.317 e. The van der Waals surface area contributed by atoms with Crippen molar-refractivity contribution in [1.29, 1.82) is 0 Å². The van der Waals surface area contributed by atoms with E-state index in [9.17, 15) is 4.79 Å². The first-order chi connectivity index (χ1) is 9.06. The van der Waals surface area contributed by atoms with Crippen molar-refractivity contribution in [3.05, 3.63) is 20.9 Å². The van der Waals surface area contributed by atoms with Gasteiger partial charge in [-0.3, -0.25) is 0 Å². The Labute approximate surface area is 130 Å². The van der Waals surface area contributed by atoms with Gasteiger partial charge in [0.15, 0.2) is 0 Å². The molecule has 1 aromatic heterocycles. The lowest BCUT2D eigenvalue weighted by Crippen LogP contribution is -2.51. The molecule has 2 atom stereocenters. The molecule has 3 rings (SSSR count). The Balaban J connectivity index is 1.80. The number of carbonyl (C=O) groups excluding carboxylic acids is 1. The summed E-state index contributed by atoms with van der Waals surface area (Å²) >= 11 is 8.18.